The molecule has 1 aromatic heterocycles. The first-order valence-corrected chi connectivity index (χ1v) is 7.00. The lowest BCUT2D eigenvalue weighted by Gasteiger charge is -2.49. The molecule has 1 saturated carbocycles. The van der Waals surface area contributed by atoms with Gasteiger partial charge in [-0.3, -0.25) is 22.9 Å². The molecule has 0 spiro atoms. The summed E-state index contributed by atoms with van der Waals surface area (Å²) in [6.45, 7) is -2.93. The van der Waals surface area contributed by atoms with E-state index >= 15 is 0 Å². The van der Waals surface area contributed by atoms with Crippen molar-refractivity contribution in [3.63, 3.8) is 0 Å². The number of pyridine rings is 1. The quantitative estimate of drug-likeness (QED) is 0.909. The maximum atomic E-state index is 14.0. The van der Waals surface area contributed by atoms with Crippen molar-refractivity contribution in [3.8, 4) is 0 Å². The van der Waals surface area contributed by atoms with E-state index in [2.05, 4.69) is 4.98 Å². The lowest BCUT2D eigenvalue weighted by atomic mass is 9.55. The Kier molecular flexibility index (Phi) is 4.54. The Labute approximate surface area is 121 Å². The fourth-order valence-electron chi connectivity index (χ4n) is 3.45. The number of nitrogens with zero attached hydrogens (tertiary/aromatic N) is 1. The maximum absolute atomic E-state index is 14.0. The number of aromatic nitrogens is 1. The highest BCUT2D eigenvalue weighted by Crippen LogP contribution is 2.53. The Morgan fingerprint density at radius 3 is 2.43 bits per heavy atom. The highest BCUT2D eigenvalue weighted by molar-refractivity contribution is 5.94. The third kappa shape index (κ3) is 2.30. The summed E-state index contributed by atoms with van der Waals surface area (Å²) in [7, 11) is 0. The Hall–Kier alpha value is -1.59. The van der Waals surface area contributed by atoms with Gasteiger partial charge in [0.05, 0.1) is 30.0 Å². The van der Waals surface area contributed by atoms with Crippen LogP contribution in [0.1, 0.15) is 41.7 Å². The van der Waals surface area contributed by atoms with E-state index in [1.54, 1.807) is 0 Å². The van der Waals surface area contributed by atoms with Crippen LogP contribution in [0.3, 0.4) is 0 Å². The molecule has 2 N–H and O–H groups in total. The second-order valence-corrected chi connectivity index (χ2v) is 5.73. The number of primary amides is 1. The monoisotopic (exact) mass is 300 g/mol. The summed E-state index contributed by atoms with van der Waals surface area (Å²) in [6.07, 6.45) is 3.16. The van der Waals surface area contributed by atoms with Gasteiger partial charge in [-0.2, -0.15) is 0 Å². The molecule has 1 atom stereocenters. The average Bonchev–Trinajstić information content (AvgIpc) is 2.54. The minimum Gasteiger partial charge on any atom is -0.366 e. The second-order valence-electron chi connectivity index (χ2n) is 5.73. The van der Waals surface area contributed by atoms with Crippen molar-refractivity contribution in [1.82, 2.24) is 4.98 Å². The highest BCUT2D eigenvalue weighted by Gasteiger charge is 2.56. The van der Waals surface area contributed by atoms with E-state index in [0.717, 1.165) is 0 Å². The van der Waals surface area contributed by atoms with Gasteiger partial charge in [-0.15, -0.1) is 0 Å². The molecule has 0 bridgehead atoms. The summed E-state index contributed by atoms with van der Waals surface area (Å²) >= 11 is 0. The zero-order chi connectivity index (χ0) is 15.5. The third-order valence-electron chi connectivity index (χ3n) is 4.79. The summed E-state index contributed by atoms with van der Waals surface area (Å²) in [5, 5.41) is 0. The lowest BCUT2D eigenvalue weighted by molar-refractivity contribution is -0.0135. The largest absolute Gasteiger partial charge is 0.366 e. The number of rotatable bonds is 5. The molecule has 0 aliphatic heterocycles. The molecule has 0 saturated heterocycles. The Morgan fingerprint density at radius 2 is 1.86 bits per heavy atom. The zero-order valence-corrected chi connectivity index (χ0v) is 11.7. The first-order chi connectivity index (χ1) is 10.1. The predicted octanol–water partition coefficient (Wildman–Crippen LogP) is 2.89. The van der Waals surface area contributed by atoms with Crippen LogP contribution in [0, 0.1) is 5.41 Å². The van der Waals surface area contributed by atoms with Crippen LogP contribution in [0.25, 0.3) is 0 Å². The van der Waals surface area contributed by atoms with E-state index < -0.39 is 36.8 Å². The molecule has 1 unspecified atom stereocenters. The van der Waals surface area contributed by atoms with Crippen LogP contribution < -0.4 is 5.73 Å². The molecule has 0 radical (unpaired) electrons. The smallest absolute Gasteiger partial charge is 0.250 e. The molecule has 1 fully saturated rings. The van der Waals surface area contributed by atoms with Crippen LogP contribution in [0.15, 0.2) is 18.3 Å². The fraction of sp³-hybridized carbons (Fsp3) is 0.600. The van der Waals surface area contributed by atoms with E-state index in [0.29, 0.717) is 12.8 Å². The van der Waals surface area contributed by atoms with Crippen LogP contribution in [-0.2, 0) is 5.41 Å². The molecule has 1 aromatic rings. The average molecular weight is 300 g/mol. The minimum atomic E-state index is -1.47. The van der Waals surface area contributed by atoms with E-state index in [1.165, 1.54) is 18.3 Å². The molecule has 1 amide bonds. The number of amides is 1. The molecule has 3 nitrogen and oxygen atoms in total. The number of alkyl halides is 3. The van der Waals surface area contributed by atoms with Gasteiger partial charge in [0.2, 0.25) is 0 Å². The molecule has 1 aliphatic rings. The molecule has 6 heteroatoms. The number of carbonyl (C=O) groups excluding carboxylic acids is 1. The third-order valence-corrected chi connectivity index (χ3v) is 4.79. The zero-order valence-electron chi connectivity index (χ0n) is 11.7. The summed E-state index contributed by atoms with van der Waals surface area (Å²) in [5.41, 5.74) is 2.55. The first-order valence-electron chi connectivity index (χ1n) is 7.00. The van der Waals surface area contributed by atoms with Crippen molar-refractivity contribution in [1.29, 1.82) is 0 Å². The summed E-state index contributed by atoms with van der Waals surface area (Å²) < 4.78 is 41.4. The summed E-state index contributed by atoms with van der Waals surface area (Å²) in [5.74, 6) is -0.761. The maximum Gasteiger partial charge on any atom is 0.250 e. The van der Waals surface area contributed by atoms with Gasteiger partial charge in [0.25, 0.3) is 5.91 Å². The molecule has 1 aliphatic carbocycles. The predicted molar refractivity (Wildman–Crippen MR) is 73.3 cm³/mol. The highest BCUT2D eigenvalue weighted by atomic mass is 19.1. The van der Waals surface area contributed by atoms with Crippen LogP contribution in [0.5, 0.6) is 0 Å². The van der Waals surface area contributed by atoms with Gasteiger partial charge < -0.3 is 5.73 Å². The molecule has 21 heavy (non-hydrogen) atoms. The van der Waals surface area contributed by atoms with Gasteiger partial charge >= 0.3 is 0 Å². The van der Waals surface area contributed by atoms with E-state index in [-0.39, 0.29) is 24.1 Å². The van der Waals surface area contributed by atoms with E-state index in [4.69, 9.17) is 5.73 Å². The Bertz CT molecular complexity index is 519. The van der Waals surface area contributed by atoms with Crippen LogP contribution in [-0.4, -0.2) is 30.9 Å². The van der Waals surface area contributed by atoms with Gasteiger partial charge in [0, 0.05) is 11.6 Å². The standard InChI is InChI=1S/C15H19F3N2O/c16-8-14(9-17)5-1-2-6-15(14,10-18)12-11(13(19)21)4-3-7-20-12/h3-4,7H,1-2,5-6,8-10H2,(H2,19,21). The molecular formula is C15H19F3N2O. The van der Waals surface area contributed by atoms with Crippen molar-refractivity contribution in [2.75, 3.05) is 20.0 Å². The number of hydrogen-bond donors (Lipinski definition) is 1. The van der Waals surface area contributed by atoms with E-state index in [9.17, 15) is 18.0 Å². The van der Waals surface area contributed by atoms with Gasteiger partial charge in [-0.25, -0.2) is 0 Å². The molecule has 116 valence electrons. The molecule has 2 rings (SSSR count). The van der Waals surface area contributed by atoms with Crippen molar-refractivity contribution >= 4 is 5.91 Å². The second kappa shape index (κ2) is 6.03. The molecule has 1 heterocycles. The fourth-order valence-corrected chi connectivity index (χ4v) is 3.45. The minimum absolute atomic E-state index is 0.0447. The van der Waals surface area contributed by atoms with Gasteiger partial charge in [0.15, 0.2) is 0 Å². The number of hydrogen-bond acceptors (Lipinski definition) is 2. The van der Waals surface area contributed by atoms with Crippen LogP contribution in [0.4, 0.5) is 13.2 Å². The Balaban J connectivity index is 2.67. The van der Waals surface area contributed by atoms with Crippen molar-refractivity contribution < 1.29 is 18.0 Å². The molecule has 0 aromatic carbocycles. The Morgan fingerprint density at radius 1 is 1.19 bits per heavy atom. The van der Waals surface area contributed by atoms with Gasteiger partial charge in [-0.1, -0.05) is 12.8 Å². The van der Waals surface area contributed by atoms with E-state index in [1.807, 2.05) is 0 Å². The van der Waals surface area contributed by atoms with Crippen molar-refractivity contribution in [2.45, 2.75) is 31.1 Å². The summed E-state index contributed by atoms with van der Waals surface area (Å²) in [6, 6.07) is 2.93. The number of nitrogens with two attached hydrogens (primary N) is 1. The SMILES string of the molecule is NC(=O)c1cccnc1C1(CF)CCCCC1(CF)CF. The van der Waals surface area contributed by atoms with Crippen LogP contribution in [0.2, 0.25) is 0 Å². The van der Waals surface area contributed by atoms with Crippen molar-refractivity contribution in [2.24, 2.45) is 11.1 Å². The lowest BCUT2D eigenvalue weighted by Crippen LogP contribution is -2.54. The number of halogens is 3. The normalized spacial score (nSPS) is 24.7. The first kappa shape index (κ1) is 15.8. The van der Waals surface area contributed by atoms with Crippen molar-refractivity contribution in [3.05, 3.63) is 29.6 Å². The van der Waals surface area contributed by atoms with Gasteiger partial charge in [0.1, 0.15) is 6.67 Å². The number of carbonyl (C=O) groups is 1. The topological polar surface area (TPSA) is 56.0 Å². The van der Waals surface area contributed by atoms with Crippen LogP contribution >= 0.6 is 0 Å². The summed E-state index contributed by atoms with van der Waals surface area (Å²) in [4.78, 5) is 15.7. The molecular weight excluding hydrogens is 281 g/mol. The van der Waals surface area contributed by atoms with Gasteiger partial charge in [-0.05, 0) is 25.0 Å².